The van der Waals surface area contributed by atoms with Crippen LogP contribution in [0, 0.1) is 5.82 Å². The number of amides is 4. The number of rotatable bonds is 3. The predicted octanol–water partition coefficient (Wildman–Crippen LogP) is 1.81. The van der Waals surface area contributed by atoms with Crippen molar-refractivity contribution < 1.29 is 23.6 Å². The van der Waals surface area contributed by atoms with Gasteiger partial charge < -0.3 is 9.47 Å². The lowest BCUT2D eigenvalue weighted by atomic mass is 10.0. The minimum atomic E-state index is -1.09. The van der Waals surface area contributed by atoms with Gasteiger partial charge in [0.2, 0.25) is 11.8 Å². The molecular weight excluding hydrogens is 455 g/mol. The van der Waals surface area contributed by atoms with E-state index in [9.17, 15) is 19.2 Å². The number of halogens is 1. The SMILES string of the molecule is O=C1CCC(N2C(=O)c3ccc(F)c(N4CCC(n5cnc6cccnc65)CC4)c3C2=O)C(=O)N1. The zero-order valence-electron chi connectivity index (χ0n) is 18.6. The number of hydrogen-bond acceptors (Lipinski definition) is 7. The molecule has 0 spiro atoms. The van der Waals surface area contributed by atoms with Crippen molar-refractivity contribution in [1.29, 1.82) is 0 Å². The summed E-state index contributed by atoms with van der Waals surface area (Å²) in [6.45, 7) is 0.925. The lowest BCUT2D eigenvalue weighted by molar-refractivity contribution is -0.136. The zero-order chi connectivity index (χ0) is 24.3. The van der Waals surface area contributed by atoms with E-state index >= 15 is 4.39 Å². The molecule has 2 fully saturated rings. The van der Waals surface area contributed by atoms with Crippen LogP contribution in [-0.4, -0.2) is 62.2 Å². The van der Waals surface area contributed by atoms with Gasteiger partial charge in [-0.1, -0.05) is 0 Å². The fraction of sp³-hybridized carbons (Fsp3) is 0.333. The lowest BCUT2D eigenvalue weighted by Gasteiger charge is -2.35. The van der Waals surface area contributed by atoms with Gasteiger partial charge in [-0.05, 0) is 43.5 Å². The summed E-state index contributed by atoms with van der Waals surface area (Å²) in [5.41, 5.74) is 1.73. The lowest BCUT2D eigenvalue weighted by Crippen LogP contribution is -2.54. The van der Waals surface area contributed by atoms with Gasteiger partial charge in [-0.15, -0.1) is 0 Å². The highest BCUT2D eigenvalue weighted by Crippen LogP contribution is 2.38. The molecule has 6 rings (SSSR count). The zero-order valence-corrected chi connectivity index (χ0v) is 18.6. The van der Waals surface area contributed by atoms with Crippen molar-refractivity contribution >= 4 is 40.5 Å². The number of nitrogens with one attached hydrogen (secondary N) is 1. The topological polar surface area (TPSA) is 118 Å². The van der Waals surface area contributed by atoms with E-state index in [1.54, 1.807) is 17.4 Å². The second kappa shape index (κ2) is 7.97. The van der Waals surface area contributed by atoms with E-state index in [1.807, 2.05) is 16.7 Å². The highest BCUT2D eigenvalue weighted by Gasteiger charge is 2.47. The van der Waals surface area contributed by atoms with Crippen molar-refractivity contribution in [2.24, 2.45) is 0 Å². The number of aromatic nitrogens is 3. The Morgan fingerprint density at radius 3 is 2.54 bits per heavy atom. The molecule has 11 heteroatoms. The molecule has 3 aliphatic rings. The normalized spacial score (nSPS) is 21.1. The van der Waals surface area contributed by atoms with Crippen molar-refractivity contribution in [3.8, 4) is 0 Å². The molecule has 35 heavy (non-hydrogen) atoms. The van der Waals surface area contributed by atoms with E-state index < -0.39 is 35.5 Å². The molecule has 3 aromatic rings. The second-order valence-corrected chi connectivity index (χ2v) is 8.98. The van der Waals surface area contributed by atoms with E-state index in [2.05, 4.69) is 15.3 Å². The second-order valence-electron chi connectivity index (χ2n) is 8.98. The Bertz CT molecular complexity index is 1410. The molecule has 4 amide bonds. The molecule has 178 valence electrons. The number of benzene rings is 1. The van der Waals surface area contributed by atoms with Gasteiger partial charge in [0.15, 0.2) is 5.65 Å². The molecule has 0 radical (unpaired) electrons. The first-order valence-electron chi connectivity index (χ1n) is 11.5. The maximum Gasteiger partial charge on any atom is 0.264 e. The summed E-state index contributed by atoms with van der Waals surface area (Å²) in [5, 5.41) is 2.17. The fourth-order valence-electron chi connectivity index (χ4n) is 5.33. The summed E-state index contributed by atoms with van der Waals surface area (Å²) < 4.78 is 17.2. The maximum absolute atomic E-state index is 15.1. The first-order chi connectivity index (χ1) is 16.9. The fourth-order valence-corrected chi connectivity index (χ4v) is 5.33. The number of carbonyl (C=O) groups is 4. The Morgan fingerprint density at radius 2 is 1.77 bits per heavy atom. The number of anilines is 1. The van der Waals surface area contributed by atoms with Crippen LogP contribution in [0.3, 0.4) is 0 Å². The number of imide groups is 2. The number of nitrogens with zero attached hydrogens (tertiary/aromatic N) is 5. The van der Waals surface area contributed by atoms with Crippen molar-refractivity contribution in [3.63, 3.8) is 0 Å². The van der Waals surface area contributed by atoms with Crippen LogP contribution in [0.15, 0.2) is 36.8 Å². The predicted molar refractivity (Wildman–Crippen MR) is 121 cm³/mol. The van der Waals surface area contributed by atoms with Gasteiger partial charge >= 0.3 is 0 Å². The van der Waals surface area contributed by atoms with Crippen LogP contribution in [-0.2, 0) is 9.59 Å². The average Bonchev–Trinajstić information content (AvgIpc) is 3.39. The smallest absolute Gasteiger partial charge is 0.264 e. The summed E-state index contributed by atoms with van der Waals surface area (Å²) in [5.74, 6) is -3.09. The quantitative estimate of drug-likeness (QED) is 0.573. The van der Waals surface area contributed by atoms with Crippen LogP contribution in [0.2, 0.25) is 0 Å². The Kier molecular flexibility index (Phi) is 4.87. The minimum absolute atomic E-state index is 0.0205. The summed E-state index contributed by atoms with van der Waals surface area (Å²) in [4.78, 5) is 61.8. The van der Waals surface area contributed by atoms with Crippen molar-refractivity contribution in [2.45, 2.75) is 37.8 Å². The molecule has 3 aliphatic heterocycles. The van der Waals surface area contributed by atoms with Gasteiger partial charge in [-0.2, -0.15) is 0 Å². The third-order valence-electron chi connectivity index (χ3n) is 7.04. The molecule has 1 N–H and O–H groups in total. The molecule has 0 saturated carbocycles. The van der Waals surface area contributed by atoms with Gasteiger partial charge in [0.1, 0.15) is 17.4 Å². The Morgan fingerprint density at radius 1 is 0.971 bits per heavy atom. The molecule has 2 saturated heterocycles. The summed E-state index contributed by atoms with van der Waals surface area (Å²) in [6, 6.07) is 5.22. The Hall–Kier alpha value is -4.15. The summed E-state index contributed by atoms with van der Waals surface area (Å²) in [7, 11) is 0. The number of carbonyl (C=O) groups excluding carboxylic acids is 4. The standard InChI is InChI=1S/C24H21FN6O4/c25-15-4-3-14-19(24(35)31(23(14)34)17-5-6-18(32)28-22(17)33)20(15)29-10-7-13(8-11-29)30-12-27-16-2-1-9-26-21(16)30/h1-4,9,12-13,17H,5-8,10-11H2,(H,28,32,33). The molecule has 1 aromatic carbocycles. The largest absolute Gasteiger partial charge is 0.368 e. The summed E-state index contributed by atoms with van der Waals surface area (Å²) >= 11 is 0. The number of hydrogen-bond donors (Lipinski definition) is 1. The molecule has 1 atom stereocenters. The molecular formula is C24H21FN6O4. The maximum atomic E-state index is 15.1. The van der Waals surface area contributed by atoms with Crippen LogP contribution < -0.4 is 10.2 Å². The van der Waals surface area contributed by atoms with Crippen molar-refractivity contribution in [3.05, 3.63) is 53.7 Å². The van der Waals surface area contributed by atoms with Crippen LogP contribution in [0.5, 0.6) is 0 Å². The molecule has 10 nitrogen and oxygen atoms in total. The number of fused-ring (bicyclic) bond motifs is 2. The van der Waals surface area contributed by atoms with Crippen molar-refractivity contribution in [1.82, 2.24) is 24.8 Å². The molecule has 0 aliphatic carbocycles. The van der Waals surface area contributed by atoms with E-state index in [0.717, 1.165) is 16.1 Å². The monoisotopic (exact) mass is 476 g/mol. The highest BCUT2D eigenvalue weighted by atomic mass is 19.1. The van der Waals surface area contributed by atoms with Gasteiger partial charge in [0, 0.05) is 31.7 Å². The van der Waals surface area contributed by atoms with E-state index in [-0.39, 0.29) is 35.7 Å². The van der Waals surface area contributed by atoms with E-state index in [1.165, 1.54) is 12.1 Å². The third-order valence-corrected chi connectivity index (χ3v) is 7.04. The highest BCUT2D eigenvalue weighted by molar-refractivity contribution is 6.25. The van der Waals surface area contributed by atoms with Gasteiger partial charge in [-0.3, -0.25) is 29.4 Å². The Labute approximate surface area is 198 Å². The third kappa shape index (κ3) is 3.29. The molecule has 1 unspecified atom stereocenters. The molecule has 5 heterocycles. The first kappa shape index (κ1) is 21.4. The van der Waals surface area contributed by atoms with Crippen molar-refractivity contribution in [2.75, 3.05) is 18.0 Å². The van der Waals surface area contributed by atoms with Gasteiger partial charge in [0.25, 0.3) is 11.8 Å². The number of pyridine rings is 1. The summed E-state index contributed by atoms with van der Waals surface area (Å²) in [6.07, 6.45) is 4.89. The van der Waals surface area contributed by atoms with E-state index in [0.29, 0.717) is 25.9 Å². The van der Waals surface area contributed by atoms with E-state index in [4.69, 9.17) is 0 Å². The van der Waals surface area contributed by atoms with Gasteiger partial charge in [0.05, 0.1) is 23.1 Å². The van der Waals surface area contributed by atoms with Gasteiger partial charge in [-0.25, -0.2) is 14.4 Å². The Balaban J connectivity index is 1.28. The number of piperidine rings is 2. The minimum Gasteiger partial charge on any atom is -0.368 e. The van der Waals surface area contributed by atoms with Crippen LogP contribution >= 0.6 is 0 Å². The average molecular weight is 476 g/mol. The molecule has 0 bridgehead atoms. The first-order valence-corrected chi connectivity index (χ1v) is 11.5. The number of imidazole rings is 1. The van der Waals surface area contributed by atoms with Crippen LogP contribution in [0.25, 0.3) is 11.2 Å². The van der Waals surface area contributed by atoms with Crippen LogP contribution in [0.1, 0.15) is 52.4 Å². The van der Waals surface area contributed by atoms with Crippen LogP contribution in [0.4, 0.5) is 10.1 Å². The molecule has 2 aromatic heterocycles.